The van der Waals surface area contributed by atoms with Gasteiger partial charge in [0, 0.05) is 0 Å². The number of ketones is 2. The average Bonchev–Trinajstić information content (AvgIpc) is 2.00. The number of aliphatic hydroxyl groups excluding tert-OH is 3. The van der Waals surface area contributed by atoms with Crippen LogP contribution in [-0.4, -0.2) is 45.2 Å². The highest BCUT2D eigenvalue weighted by atomic mass is 16.4. The molecule has 0 aromatic carbocycles. The minimum Gasteiger partial charge on any atom is -0.387 e. The molecular weight excluding hydrogens is 164 g/mol. The van der Waals surface area contributed by atoms with Crippen molar-refractivity contribution in [3.05, 3.63) is 0 Å². The summed E-state index contributed by atoms with van der Waals surface area (Å²) in [6.45, 7) is 2.11. The lowest BCUT2D eigenvalue weighted by Crippen LogP contribution is -2.44. The zero-order chi connectivity index (χ0) is 9.89. The molecule has 3 N–H and O–H groups in total. The number of Topliss-reactive ketones (excluding diaryl/α,β-unsaturated/α-hetero) is 2. The van der Waals surface area contributed by atoms with Crippen LogP contribution < -0.4 is 0 Å². The molecule has 70 valence electrons. The lowest BCUT2D eigenvalue weighted by molar-refractivity contribution is -0.144. The molecule has 5 nitrogen and oxygen atoms in total. The molecule has 0 amide bonds. The molecule has 0 aromatic rings. The Labute approximate surface area is 69.6 Å². The Bertz CT molecular complexity index is 168. The zero-order valence-corrected chi connectivity index (χ0v) is 6.89. The third kappa shape index (κ3) is 2.69. The predicted molar refractivity (Wildman–Crippen MR) is 39.4 cm³/mol. The van der Waals surface area contributed by atoms with Crippen LogP contribution in [0.3, 0.4) is 0 Å². The first kappa shape index (κ1) is 11.2. The number of hydrogen-bond donors (Lipinski definition) is 3. The molecule has 0 rings (SSSR count). The number of rotatable bonds is 4. The van der Waals surface area contributed by atoms with Crippen molar-refractivity contribution in [1.82, 2.24) is 0 Å². The highest BCUT2D eigenvalue weighted by Gasteiger charge is 2.30. The van der Waals surface area contributed by atoms with E-state index in [-0.39, 0.29) is 0 Å². The van der Waals surface area contributed by atoms with Crippen molar-refractivity contribution in [1.29, 1.82) is 0 Å². The first-order valence-electron chi connectivity index (χ1n) is 3.43. The van der Waals surface area contributed by atoms with E-state index in [1.807, 2.05) is 0 Å². The molecule has 5 heteroatoms. The summed E-state index contributed by atoms with van der Waals surface area (Å²) in [6, 6.07) is 0. The van der Waals surface area contributed by atoms with Gasteiger partial charge in [-0.2, -0.15) is 0 Å². The molecular formula is C7H12O5. The Balaban J connectivity index is 4.28. The maximum absolute atomic E-state index is 10.5. The van der Waals surface area contributed by atoms with Gasteiger partial charge in [0.25, 0.3) is 0 Å². The van der Waals surface area contributed by atoms with Crippen LogP contribution in [0.5, 0.6) is 0 Å². The second-order valence-corrected chi connectivity index (χ2v) is 2.60. The van der Waals surface area contributed by atoms with Gasteiger partial charge in [0.2, 0.25) is 0 Å². The van der Waals surface area contributed by atoms with Crippen molar-refractivity contribution in [2.75, 3.05) is 0 Å². The minimum absolute atomic E-state index is 0.692. The van der Waals surface area contributed by atoms with Crippen LogP contribution in [0, 0.1) is 0 Å². The fourth-order valence-electron chi connectivity index (χ4n) is 0.654. The Hall–Kier alpha value is -0.780. The van der Waals surface area contributed by atoms with Crippen molar-refractivity contribution in [3.63, 3.8) is 0 Å². The van der Waals surface area contributed by atoms with Crippen LogP contribution in [0.15, 0.2) is 0 Å². The third-order valence-corrected chi connectivity index (χ3v) is 1.48. The molecule has 0 saturated heterocycles. The van der Waals surface area contributed by atoms with Gasteiger partial charge in [-0.25, -0.2) is 0 Å². The van der Waals surface area contributed by atoms with Gasteiger partial charge < -0.3 is 15.3 Å². The summed E-state index contributed by atoms with van der Waals surface area (Å²) in [5.41, 5.74) is 0. The smallest absolute Gasteiger partial charge is 0.160 e. The lowest BCUT2D eigenvalue weighted by atomic mass is 10.0. The van der Waals surface area contributed by atoms with Crippen LogP contribution in [-0.2, 0) is 9.59 Å². The quantitative estimate of drug-likeness (QED) is 0.472. The normalized spacial score (nSPS) is 18.1. The molecule has 0 aliphatic carbocycles. The van der Waals surface area contributed by atoms with Crippen molar-refractivity contribution >= 4 is 11.6 Å². The fourth-order valence-corrected chi connectivity index (χ4v) is 0.654. The maximum Gasteiger partial charge on any atom is 0.160 e. The summed E-state index contributed by atoms with van der Waals surface area (Å²) in [5.74, 6) is -1.38. The molecule has 0 spiro atoms. The highest BCUT2D eigenvalue weighted by Crippen LogP contribution is 2.02. The number of carbonyl (C=O) groups is 2. The molecule has 1 unspecified atom stereocenters. The van der Waals surface area contributed by atoms with E-state index in [9.17, 15) is 9.59 Å². The van der Waals surface area contributed by atoms with Gasteiger partial charge in [0.05, 0.1) is 0 Å². The van der Waals surface area contributed by atoms with Crippen LogP contribution in [0.4, 0.5) is 0 Å². The molecule has 3 atom stereocenters. The number of aliphatic hydroxyl groups is 3. The van der Waals surface area contributed by atoms with Crippen LogP contribution in [0.2, 0.25) is 0 Å². The molecule has 12 heavy (non-hydrogen) atoms. The van der Waals surface area contributed by atoms with E-state index >= 15 is 0 Å². The Kier molecular flexibility index (Phi) is 4.02. The molecule has 0 radical (unpaired) electrons. The number of carbonyl (C=O) groups excluding carboxylic acids is 2. The largest absolute Gasteiger partial charge is 0.387 e. The molecule has 0 aliphatic heterocycles. The van der Waals surface area contributed by atoms with Crippen molar-refractivity contribution in [2.24, 2.45) is 0 Å². The Morgan fingerprint density at radius 2 is 1.17 bits per heavy atom. The molecule has 0 fully saturated rings. The molecule has 0 aliphatic rings. The average molecular weight is 176 g/mol. The monoisotopic (exact) mass is 176 g/mol. The molecule has 0 saturated carbocycles. The molecule has 0 heterocycles. The summed E-state index contributed by atoms with van der Waals surface area (Å²) in [5, 5.41) is 26.8. The SMILES string of the molecule is CC(=O)[C@@H](O)C(O)[C@@H](O)C(C)=O. The van der Waals surface area contributed by atoms with E-state index in [4.69, 9.17) is 15.3 Å². The summed E-state index contributed by atoms with van der Waals surface area (Å²) >= 11 is 0. The van der Waals surface area contributed by atoms with Gasteiger partial charge >= 0.3 is 0 Å². The molecule has 0 aromatic heterocycles. The van der Waals surface area contributed by atoms with Gasteiger partial charge in [-0.1, -0.05) is 0 Å². The van der Waals surface area contributed by atoms with E-state index < -0.39 is 29.9 Å². The summed E-state index contributed by atoms with van der Waals surface area (Å²) in [7, 11) is 0. The van der Waals surface area contributed by atoms with Crippen molar-refractivity contribution in [3.8, 4) is 0 Å². The molecule has 0 bridgehead atoms. The van der Waals surface area contributed by atoms with Crippen LogP contribution in [0.25, 0.3) is 0 Å². The minimum atomic E-state index is -1.74. The summed E-state index contributed by atoms with van der Waals surface area (Å²) in [4.78, 5) is 21.0. The standard InChI is InChI=1S/C7H12O5/c1-3(8)5(10)7(12)6(11)4(2)9/h5-7,10-12H,1-2H3/t5-,6+,7?. The van der Waals surface area contributed by atoms with E-state index in [0.717, 1.165) is 13.8 Å². The van der Waals surface area contributed by atoms with Gasteiger partial charge in [-0.05, 0) is 13.8 Å². The van der Waals surface area contributed by atoms with E-state index in [0.29, 0.717) is 0 Å². The lowest BCUT2D eigenvalue weighted by Gasteiger charge is -2.18. The van der Waals surface area contributed by atoms with Crippen molar-refractivity contribution in [2.45, 2.75) is 32.2 Å². The maximum atomic E-state index is 10.5. The zero-order valence-electron chi connectivity index (χ0n) is 6.89. The van der Waals surface area contributed by atoms with E-state index in [1.54, 1.807) is 0 Å². The van der Waals surface area contributed by atoms with Gasteiger partial charge in [0.1, 0.15) is 18.3 Å². The second kappa shape index (κ2) is 4.30. The van der Waals surface area contributed by atoms with Crippen LogP contribution in [0.1, 0.15) is 13.8 Å². The Morgan fingerprint density at radius 1 is 0.917 bits per heavy atom. The van der Waals surface area contributed by atoms with Crippen LogP contribution >= 0.6 is 0 Å². The summed E-state index contributed by atoms with van der Waals surface area (Å²) in [6.07, 6.45) is -5.15. The first-order chi connectivity index (χ1) is 5.37. The first-order valence-corrected chi connectivity index (χ1v) is 3.43. The van der Waals surface area contributed by atoms with Gasteiger partial charge in [-0.15, -0.1) is 0 Å². The highest BCUT2D eigenvalue weighted by molar-refractivity contribution is 5.85. The van der Waals surface area contributed by atoms with Gasteiger partial charge in [0.15, 0.2) is 11.6 Å². The van der Waals surface area contributed by atoms with Gasteiger partial charge in [-0.3, -0.25) is 9.59 Å². The predicted octanol–water partition coefficient (Wildman–Crippen LogP) is -1.75. The van der Waals surface area contributed by atoms with Crippen molar-refractivity contribution < 1.29 is 24.9 Å². The fraction of sp³-hybridized carbons (Fsp3) is 0.714. The summed E-state index contributed by atoms with van der Waals surface area (Å²) < 4.78 is 0. The topological polar surface area (TPSA) is 94.8 Å². The van der Waals surface area contributed by atoms with E-state index in [2.05, 4.69) is 0 Å². The second-order valence-electron chi connectivity index (χ2n) is 2.60. The third-order valence-electron chi connectivity index (χ3n) is 1.48. The number of hydrogen-bond acceptors (Lipinski definition) is 5. The Morgan fingerprint density at radius 3 is 1.33 bits per heavy atom. The van der Waals surface area contributed by atoms with E-state index in [1.165, 1.54) is 0 Å².